The summed E-state index contributed by atoms with van der Waals surface area (Å²) in [5.41, 5.74) is 1.41. The Morgan fingerprint density at radius 3 is 2.40 bits per heavy atom. The minimum atomic E-state index is 0.0885. The van der Waals surface area contributed by atoms with Crippen LogP contribution in [0.4, 0.5) is 4.79 Å². The molecule has 2 fully saturated rings. The first kappa shape index (κ1) is 10.5. The van der Waals surface area contributed by atoms with Crippen molar-refractivity contribution in [3.63, 3.8) is 0 Å². The smallest absolute Gasteiger partial charge is 0.321 e. The minimum absolute atomic E-state index is 0.0885. The van der Waals surface area contributed by atoms with Gasteiger partial charge in [-0.2, -0.15) is 0 Å². The van der Waals surface area contributed by atoms with E-state index in [2.05, 4.69) is 5.32 Å². The van der Waals surface area contributed by atoms with E-state index in [0.29, 0.717) is 0 Å². The maximum Gasteiger partial charge on any atom is 0.321 e. The van der Waals surface area contributed by atoms with E-state index < -0.39 is 0 Å². The molecule has 2 aliphatic rings. The SMILES string of the molecule is O=C(NC=C1CCCCC1)N1CCCC1. The first-order chi connectivity index (χ1) is 7.36. The summed E-state index contributed by atoms with van der Waals surface area (Å²) in [5.74, 6) is 0. The molecule has 0 unspecified atom stereocenters. The lowest BCUT2D eigenvalue weighted by Gasteiger charge is -2.17. The predicted octanol–water partition coefficient (Wildman–Crippen LogP) is 2.64. The monoisotopic (exact) mass is 208 g/mol. The largest absolute Gasteiger partial charge is 0.325 e. The zero-order valence-electron chi connectivity index (χ0n) is 9.30. The van der Waals surface area contributed by atoms with Crippen LogP contribution in [0.25, 0.3) is 0 Å². The van der Waals surface area contributed by atoms with Gasteiger partial charge in [0.1, 0.15) is 0 Å². The van der Waals surface area contributed by atoms with E-state index in [4.69, 9.17) is 0 Å². The molecule has 0 atom stereocenters. The van der Waals surface area contributed by atoms with Crippen LogP contribution in [-0.2, 0) is 0 Å². The van der Waals surface area contributed by atoms with E-state index >= 15 is 0 Å². The van der Waals surface area contributed by atoms with Gasteiger partial charge in [0.2, 0.25) is 0 Å². The van der Waals surface area contributed by atoms with Crippen molar-refractivity contribution in [2.45, 2.75) is 44.9 Å². The lowest BCUT2D eigenvalue weighted by atomic mass is 9.96. The van der Waals surface area contributed by atoms with E-state index in [9.17, 15) is 4.79 Å². The fourth-order valence-electron chi connectivity index (χ4n) is 2.33. The highest BCUT2D eigenvalue weighted by atomic mass is 16.2. The maximum atomic E-state index is 11.7. The van der Waals surface area contributed by atoms with Gasteiger partial charge in [-0.05, 0) is 38.5 Å². The summed E-state index contributed by atoms with van der Waals surface area (Å²) in [6.07, 6.45) is 10.5. The van der Waals surface area contributed by atoms with Gasteiger partial charge in [0.25, 0.3) is 0 Å². The summed E-state index contributed by atoms with van der Waals surface area (Å²) in [5, 5.41) is 2.92. The van der Waals surface area contributed by atoms with Crippen molar-refractivity contribution in [3.05, 3.63) is 11.8 Å². The van der Waals surface area contributed by atoms with Gasteiger partial charge in [-0.1, -0.05) is 12.0 Å². The summed E-state index contributed by atoms with van der Waals surface area (Å²) in [6, 6.07) is 0.0885. The van der Waals surface area contributed by atoms with Crippen molar-refractivity contribution in [2.75, 3.05) is 13.1 Å². The van der Waals surface area contributed by atoms with Crippen LogP contribution in [0.15, 0.2) is 11.8 Å². The fourth-order valence-corrected chi connectivity index (χ4v) is 2.33. The van der Waals surface area contributed by atoms with Crippen molar-refractivity contribution in [1.82, 2.24) is 10.2 Å². The Bertz CT molecular complexity index is 246. The Morgan fingerprint density at radius 1 is 1.07 bits per heavy atom. The number of likely N-dealkylation sites (tertiary alicyclic amines) is 1. The van der Waals surface area contributed by atoms with Gasteiger partial charge in [-0.3, -0.25) is 0 Å². The van der Waals surface area contributed by atoms with Crippen LogP contribution in [0, 0.1) is 0 Å². The lowest BCUT2D eigenvalue weighted by molar-refractivity contribution is 0.212. The van der Waals surface area contributed by atoms with Crippen molar-refractivity contribution in [1.29, 1.82) is 0 Å². The molecule has 2 rings (SSSR count). The molecule has 0 spiro atoms. The summed E-state index contributed by atoms with van der Waals surface area (Å²) in [4.78, 5) is 13.6. The maximum absolute atomic E-state index is 11.7. The van der Waals surface area contributed by atoms with Gasteiger partial charge >= 0.3 is 6.03 Å². The molecule has 1 aliphatic heterocycles. The number of carbonyl (C=O) groups excluding carboxylic acids is 1. The Kier molecular flexibility index (Phi) is 3.64. The van der Waals surface area contributed by atoms with Gasteiger partial charge in [0, 0.05) is 19.3 Å². The highest BCUT2D eigenvalue weighted by Gasteiger charge is 2.16. The van der Waals surface area contributed by atoms with E-state index in [0.717, 1.165) is 25.9 Å². The molecule has 84 valence electrons. The number of hydrogen-bond acceptors (Lipinski definition) is 1. The van der Waals surface area contributed by atoms with Gasteiger partial charge in [-0.25, -0.2) is 4.79 Å². The molecule has 3 heteroatoms. The normalized spacial score (nSPS) is 21.6. The quantitative estimate of drug-likeness (QED) is 0.706. The second kappa shape index (κ2) is 5.19. The summed E-state index contributed by atoms with van der Waals surface area (Å²) in [7, 11) is 0. The molecule has 15 heavy (non-hydrogen) atoms. The molecule has 0 aromatic rings. The van der Waals surface area contributed by atoms with Crippen LogP contribution in [-0.4, -0.2) is 24.0 Å². The molecular weight excluding hydrogens is 188 g/mol. The molecule has 1 heterocycles. The van der Waals surface area contributed by atoms with Gasteiger partial charge in [0.05, 0.1) is 0 Å². The molecular formula is C12H20N2O. The van der Waals surface area contributed by atoms with Crippen molar-refractivity contribution in [2.24, 2.45) is 0 Å². The summed E-state index contributed by atoms with van der Waals surface area (Å²) in [6.45, 7) is 1.85. The third-order valence-corrected chi connectivity index (χ3v) is 3.29. The molecule has 0 aromatic heterocycles. The highest BCUT2D eigenvalue weighted by molar-refractivity contribution is 5.75. The van der Waals surface area contributed by atoms with Crippen LogP contribution >= 0.6 is 0 Å². The number of nitrogens with one attached hydrogen (secondary N) is 1. The van der Waals surface area contributed by atoms with Crippen molar-refractivity contribution < 1.29 is 4.79 Å². The first-order valence-corrected chi connectivity index (χ1v) is 6.09. The second-order valence-corrected chi connectivity index (χ2v) is 4.51. The summed E-state index contributed by atoms with van der Waals surface area (Å²) < 4.78 is 0. The Labute approximate surface area is 91.5 Å². The van der Waals surface area contributed by atoms with Crippen molar-refractivity contribution >= 4 is 6.03 Å². The molecule has 1 aliphatic carbocycles. The van der Waals surface area contributed by atoms with E-state index in [-0.39, 0.29) is 6.03 Å². The van der Waals surface area contributed by atoms with Gasteiger partial charge in [0.15, 0.2) is 0 Å². The second-order valence-electron chi connectivity index (χ2n) is 4.51. The molecule has 0 radical (unpaired) electrons. The number of hydrogen-bond donors (Lipinski definition) is 1. The van der Waals surface area contributed by atoms with E-state index in [1.807, 2.05) is 11.1 Å². The topological polar surface area (TPSA) is 32.3 Å². The number of rotatable bonds is 1. The number of allylic oxidation sites excluding steroid dienone is 1. The third kappa shape index (κ3) is 2.98. The van der Waals surface area contributed by atoms with Crippen LogP contribution in [0.2, 0.25) is 0 Å². The molecule has 1 saturated heterocycles. The first-order valence-electron chi connectivity index (χ1n) is 6.09. The molecule has 0 bridgehead atoms. The average molecular weight is 208 g/mol. The van der Waals surface area contributed by atoms with Gasteiger partial charge < -0.3 is 10.2 Å². The standard InChI is InChI=1S/C12H20N2O/c15-12(14-8-4-5-9-14)13-10-11-6-2-1-3-7-11/h10H,1-9H2,(H,13,15). The summed E-state index contributed by atoms with van der Waals surface area (Å²) >= 11 is 0. The number of urea groups is 1. The molecule has 3 nitrogen and oxygen atoms in total. The van der Waals surface area contributed by atoms with Crippen LogP contribution in [0.3, 0.4) is 0 Å². The fraction of sp³-hybridized carbons (Fsp3) is 0.750. The van der Waals surface area contributed by atoms with E-state index in [1.165, 1.54) is 37.7 Å². The molecule has 2 amide bonds. The zero-order chi connectivity index (χ0) is 10.5. The number of carbonyl (C=O) groups is 1. The van der Waals surface area contributed by atoms with Gasteiger partial charge in [-0.15, -0.1) is 0 Å². The minimum Gasteiger partial charge on any atom is -0.325 e. The Hall–Kier alpha value is -0.990. The number of amides is 2. The van der Waals surface area contributed by atoms with Crippen molar-refractivity contribution in [3.8, 4) is 0 Å². The third-order valence-electron chi connectivity index (χ3n) is 3.29. The van der Waals surface area contributed by atoms with E-state index in [1.54, 1.807) is 0 Å². The zero-order valence-corrected chi connectivity index (χ0v) is 9.30. The highest BCUT2D eigenvalue weighted by Crippen LogP contribution is 2.21. The van der Waals surface area contributed by atoms with Crippen LogP contribution in [0.1, 0.15) is 44.9 Å². The van der Waals surface area contributed by atoms with Crippen LogP contribution in [0.5, 0.6) is 0 Å². The Morgan fingerprint density at radius 2 is 1.73 bits per heavy atom. The lowest BCUT2D eigenvalue weighted by Crippen LogP contribution is -2.35. The Balaban J connectivity index is 1.78. The molecule has 0 aromatic carbocycles. The predicted molar refractivity (Wildman–Crippen MR) is 60.5 cm³/mol. The molecule has 1 N–H and O–H groups in total. The number of nitrogens with zero attached hydrogens (tertiary/aromatic N) is 1. The van der Waals surface area contributed by atoms with Crippen LogP contribution < -0.4 is 5.32 Å². The average Bonchev–Trinajstić information content (AvgIpc) is 2.81. The molecule has 1 saturated carbocycles.